The molecule has 3 atom stereocenters. The van der Waals surface area contributed by atoms with Crippen LogP contribution in [0.2, 0.25) is 0 Å². The van der Waals surface area contributed by atoms with E-state index in [0.29, 0.717) is 5.92 Å². The Balaban J connectivity index is 2.61. The van der Waals surface area contributed by atoms with Crippen molar-refractivity contribution >= 4 is 5.91 Å². The van der Waals surface area contributed by atoms with Crippen LogP contribution in [0.3, 0.4) is 0 Å². The lowest BCUT2D eigenvalue weighted by Crippen LogP contribution is -2.57. The van der Waals surface area contributed by atoms with E-state index in [9.17, 15) is 4.79 Å². The Labute approximate surface area is 91.8 Å². The summed E-state index contributed by atoms with van der Waals surface area (Å²) in [5, 5.41) is 2.76. The topological polar surface area (TPSA) is 55.1 Å². The summed E-state index contributed by atoms with van der Waals surface area (Å²) in [4.78, 5) is 11.9. The normalized spacial score (nSPS) is 32.8. The van der Waals surface area contributed by atoms with Gasteiger partial charge in [-0.3, -0.25) is 4.79 Å². The molecule has 0 aromatic rings. The van der Waals surface area contributed by atoms with Crippen molar-refractivity contribution in [3.05, 3.63) is 0 Å². The van der Waals surface area contributed by atoms with Crippen molar-refractivity contribution in [2.24, 2.45) is 11.7 Å². The van der Waals surface area contributed by atoms with Crippen LogP contribution >= 0.6 is 0 Å². The lowest BCUT2D eigenvalue weighted by atomic mass is 9.76. The van der Waals surface area contributed by atoms with Crippen molar-refractivity contribution in [3.63, 3.8) is 0 Å². The average molecular weight is 208 g/mol. The zero-order valence-electron chi connectivity index (χ0n) is 9.55. The number of terminal acetylenes is 1. The van der Waals surface area contributed by atoms with E-state index >= 15 is 0 Å². The molecule has 0 heterocycles. The summed E-state index contributed by atoms with van der Waals surface area (Å²) in [6.07, 6.45) is 8.93. The highest BCUT2D eigenvalue weighted by Crippen LogP contribution is 2.30. The predicted octanol–water partition coefficient (Wildman–Crippen LogP) is 1.03. The summed E-state index contributed by atoms with van der Waals surface area (Å²) in [5.74, 6) is 2.90. The van der Waals surface area contributed by atoms with Gasteiger partial charge in [0.25, 0.3) is 0 Å². The molecule has 1 fully saturated rings. The highest BCUT2D eigenvalue weighted by Gasteiger charge is 2.38. The molecule has 3 N–H and O–H groups in total. The van der Waals surface area contributed by atoms with Gasteiger partial charge in [-0.05, 0) is 25.7 Å². The number of carbonyl (C=O) groups excluding carboxylic acids is 1. The highest BCUT2D eigenvalue weighted by atomic mass is 16.2. The monoisotopic (exact) mass is 208 g/mol. The molecule has 0 bridgehead atoms. The second-order valence-electron chi connectivity index (χ2n) is 4.72. The minimum atomic E-state index is -0.706. The molecule has 1 saturated carbocycles. The van der Waals surface area contributed by atoms with Gasteiger partial charge in [0.1, 0.15) is 0 Å². The Bertz CT molecular complexity index is 282. The highest BCUT2D eigenvalue weighted by molar-refractivity contribution is 5.86. The minimum absolute atomic E-state index is 0.0977. The van der Waals surface area contributed by atoms with Crippen LogP contribution in [0.25, 0.3) is 0 Å². The van der Waals surface area contributed by atoms with Gasteiger partial charge in [-0.1, -0.05) is 25.7 Å². The van der Waals surface area contributed by atoms with Gasteiger partial charge in [0.15, 0.2) is 0 Å². The zero-order chi connectivity index (χ0) is 11.5. The molecule has 0 aliphatic heterocycles. The first-order valence-corrected chi connectivity index (χ1v) is 5.54. The molecule has 3 nitrogen and oxygen atoms in total. The second-order valence-corrected chi connectivity index (χ2v) is 4.72. The fourth-order valence-corrected chi connectivity index (χ4v) is 2.18. The zero-order valence-corrected chi connectivity index (χ0v) is 9.55. The second kappa shape index (κ2) is 4.67. The Morgan fingerprint density at radius 3 is 2.93 bits per heavy atom. The average Bonchev–Trinajstić information content (AvgIpc) is 2.17. The molecule has 0 radical (unpaired) electrons. The predicted molar refractivity (Wildman–Crippen MR) is 61.0 cm³/mol. The van der Waals surface area contributed by atoms with Crippen molar-refractivity contribution in [2.45, 2.75) is 51.1 Å². The summed E-state index contributed by atoms with van der Waals surface area (Å²) in [7, 11) is 0. The maximum Gasteiger partial charge on any atom is 0.241 e. The molecule has 1 amide bonds. The van der Waals surface area contributed by atoms with E-state index in [1.165, 1.54) is 0 Å². The first-order valence-electron chi connectivity index (χ1n) is 5.54. The molecule has 0 saturated heterocycles. The molecule has 3 heteroatoms. The maximum atomic E-state index is 11.9. The van der Waals surface area contributed by atoms with Crippen LogP contribution in [-0.4, -0.2) is 17.5 Å². The summed E-state index contributed by atoms with van der Waals surface area (Å²) >= 11 is 0. The van der Waals surface area contributed by atoms with Crippen molar-refractivity contribution in [3.8, 4) is 12.3 Å². The fraction of sp³-hybridized carbons (Fsp3) is 0.750. The number of rotatable bonds is 2. The van der Waals surface area contributed by atoms with Gasteiger partial charge in [-0.2, -0.15) is 0 Å². The standard InChI is InChI=1S/C12H20N2O/c1-4-10(3)14-11(15)12(13)7-5-6-9(2)8-12/h1,9-10H,5-8,13H2,2-3H3,(H,14,15). The van der Waals surface area contributed by atoms with E-state index in [2.05, 4.69) is 18.2 Å². The van der Waals surface area contributed by atoms with Crippen LogP contribution in [0, 0.1) is 18.3 Å². The number of nitrogens with one attached hydrogen (secondary N) is 1. The molecule has 0 spiro atoms. The third kappa shape index (κ3) is 2.97. The first kappa shape index (κ1) is 12.1. The van der Waals surface area contributed by atoms with E-state index < -0.39 is 5.54 Å². The van der Waals surface area contributed by atoms with Crippen molar-refractivity contribution < 1.29 is 4.79 Å². The van der Waals surface area contributed by atoms with E-state index in [1.54, 1.807) is 6.92 Å². The van der Waals surface area contributed by atoms with E-state index in [0.717, 1.165) is 25.7 Å². The summed E-state index contributed by atoms with van der Waals surface area (Å²) < 4.78 is 0. The quantitative estimate of drug-likeness (QED) is 0.666. The van der Waals surface area contributed by atoms with Gasteiger partial charge in [0, 0.05) is 0 Å². The van der Waals surface area contributed by atoms with Gasteiger partial charge in [0.2, 0.25) is 5.91 Å². The number of hydrogen-bond donors (Lipinski definition) is 2. The van der Waals surface area contributed by atoms with Crippen LogP contribution in [0.4, 0.5) is 0 Å². The van der Waals surface area contributed by atoms with Gasteiger partial charge in [-0.15, -0.1) is 6.42 Å². The van der Waals surface area contributed by atoms with Gasteiger partial charge < -0.3 is 11.1 Å². The van der Waals surface area contributed by atoms with Gasteiger partial charge >= 0.3 is 0 Å². The molecule has 84 valence electrons. The SMILES string of the molecule is C#CC(C)NC(=O)C1(N)CCCC(C)C1. The van der Waals surface area contributed by atoms with E-state index in [-0.39, 0.29) is 11.9 Å². The maximum absolute atomic E-state index is 11.9. The molecular formula is C12H20N2O. The lowest BCUT2D eigenvalue weighted by Gasteiger charge is -2.35. The molecule has 3 unspecified atom stereocenters. The Morgan fingerprint density at radius 1 is 1.73 bits per heavy atom. The largest absolute Gasteiger partial charge is 0.341 e. The number of hydrogen-bond acceptors (Lipinski definition) is 2. The van der Waals surface area contributed by atoms with E-state index in [1.807, 2.05) is 0 Å². The van der Waals surface area contributed by atoms with Crippen molar-refractivity contribution in [2.75, 3.05) is 0 Å². The van der Waals surface area contributed by atoms with Crippen LogP contribution in [0.1, 0.15) is 39.5 Å². The van der Waals surface area contributed by atoms with Crippen molar-refractivity contribution in [1.29, 1.82) is 0 Å². The summed E-state index contributed by atoms with van der Waals surface area (Å²) in [6.45, 7) is 3.92. The van der Waals surface area contributed by atoms with Crippen molar-refractivity contribution in [1.82, 2.24) is 5.32 Å². The van der Waals surface area contributed by atoms with Gasteiger partial charge in [-0.25, -0.2) is 0 Å². The summed E-state index contributed by atoms with van der Waals surface area (Å²) in [5.41, 5.74) is 5.41. The third-order valence-electron chi connectivity index (χ3n) is 3.08. The smallest absolute Gasteiger partial charge is 0.241 e. The van der Waals surface area contributed by atoms with Crippen LogP contribution in [0.5, 0.6) is 0 Å². The molecule has 15 heavy (non-hydrogen) atoms. The van der Waals surface area contributed by atoms with Crippen LogP contribution in [0.15, 0.2) is 0 Å². The molecule has 0 aromatic heterocycles. The molecule has 0 aromatic carbocycles. The third-order valence-corrected chi connectivity index (χ3v) is 3.08. The molecule has 1 aliphatic carbocycles. The Morgan fingerprint density at radius 2 is 2.40 bits per heavy atom. The number of nitrogens with two attached hydrogens (primary N) is 1. The first-order chi connectivity index (χ1) is 6.98. The molecule has 1 aliphatic rings. The van der Waals surface area contributed by atoms with Gasteiger partial charge in [0.05, 0.1) is 11.6 Å². The Hall–Kier alpha value is -1.01. The molecule has 1 rings (SSSR count). The van der Waals surface area contributed by atoms with E-state index in [4.69, 9.17) is 12.2 Å². The summed E-state index contributed by atoms with van der Waals surface area (Å²) in [6, 6.07) is -0.241. The number of amides is 1. The van der Waals surface area contributed by atoms with Crippen LogP contribution < -0.4 is 11.1 Å². The minimum Gasteiger partial charge on any atom is -0.341 e. The Kier molecular flexibility index (Phi) is 3.76. The molecular weight excluding hydrogens is 188 g/mol. The lowest BCUT2D eigenvalue weighted by molar-refractivity contribution is -0.128. The number of carbonyl (C=O) groups is 1. The van der Waals surface area contributed by atoms with Crippen LogP contribution in [-0.2, 0) is 4.79 Å². The fourth-order valence-electron chi connectivity index (χ4n) is 2.18.